The number of para-hydroxylation sites is 2. The average Bonchev–Trinajstić information content (AvgIpc) is 3.74. The monoisotopic (exact) mass is 838 g/mol. The Labute approximate surface area is 383 Å². The summed E-state index contributed by atoms with van der Waals surface area (Å²) in [6, 6.07) is 93.3. The van der Waals surface area contributed by atoms with E-state index >= 15 is 0 Å². The summed E-state index contributed by atoms with van der Waals surface area (Å²) in [6.45, 7) is 0. The first-order chi connectivity index (χ1) is 32.7. The highest BCUT2D eigenvalue weighted by Crippen LogP contribution is 2.45. The minimum Gasteiger partial charge on any atom is -0.310 e. The Bertz CT molecular complexity index is 3980. The molecule has 0 saturated carbocycles. The molecule has 13 rings (SSSR count). The van der Waals surface area contributed by atoms with Gasteiger partial charge in [-0.3, -0.25) is 0 Å². The number of fused-ring (bicyclic) bond motifs is 10. The topological polar surface area (TPSA) is 8.17 Å². The van der Waals surface area contributed by atoms with Crippen LogP contribution in [0.15, 0.2) is 255 Å². The van der Waals surface area contributed by atoms with E-state index in [4.69, 9.17) is 0 Å². The van der Waals surface area contributed by atoms with Crippen molar-refractivity contribution in [2.45, 2.75) is 0 Å². The maximum Gasteiger partial charge on any atom is 0.0619 e. The second-order valence-corrected chi connectivity index (χ2v) is 17.2. The summed E-state index contributed by atoms with van der Waals surface area (Å²) in [5.41, 5.74) is 13.9. The van der Waals surface area contributed by atoms with Gasteiger partial charge in [-0.1, -0.05) is 206 Å². The van der Waals surface area contributed by atoms with Crippen LogP contribution in [0.5, 0.6) is 0 Å². The predicted molar refractivity (Wildman–Crippen MR) is 282 cm³/mol. The molecular weight excluding hydrogens is 797 g/mol. The van der Waals surface area contributed by atoms with Gasteiger partial charge in [-0.2, -0.15) is 0 Å². The van der Waals surface area contributed by atoms with Crippen molar-refractivity contribution < 1.29 is 0 Å². The highest BCUT2D eigenvalue weighted by atomic mass is 15.1. The Balaban J connectivity index is 0.970. The molecule has 1 heterocycles. The zero-order valence-corrected chi connectivity index (χ0v) is 36.1. The molecular formula is C64H42N2. The molecule has 0 aliphatic heterocycles. The molecule has 12 aromatic carbocycles. The van der Waals surface area contributed by atoms with Crippen molar-refractivity contribution in [1.82, 2.24) is 4.57 Å². The summed E-state index contributed by atoms with van der Waals surface area (Å²) >= 11 is 0. The van der Waals surface area contributed by atoms with E-state index in [9.17, 15) is 0 Å². The smallest absolute Gasteiger partial charge is 0.0619 e. The molecule has 0 fully saturated rings. The molecule has 0 N–H and O–H groups in total. The molecule has 0 radical (unpaired) electrons. The van der Waals surface area contributed by atoms with Gasteiger partial charge in [0.05, 0.1) is 16.7 Å². The van der Waals surface area contributed by atoms with E-state index in [0.29, 0.717) is 0 Å². The minimum absolute atomic E-state index is 1.09. The van der Waals surface area contributed by atoms with E-state index < -0.39 is 0 Å². The molecule has 1 aromatic heterocycles. The highest BCUT2D eigenvalue weighted by Gasteiger charge is 2.20. The van der Waals surface area contributed by atoms with Gasteiger partial charge in [-0.25, -0.2) is 0 Å². The first-order valence-corrected chi connectivity index (χ1v) is 22.8. The van der Waals surface area contributed by atoms with Gasteiger partial charge < -0.3 is 9.47 Å². The quantitative estimate of drug-likeness (QED) is 0.145. The number of nitrogens with zero attached hydrogens (tertiary/aromatic N) is 2. The van der Waals surface area contributed by atoms with Crippen molar-refractivity contribution in [3.8, 4) is 39.1 Å². The Hall–Kier alpha value is -8.72. The second-order valence-electron chi connectivity index (χ2n) is 17.2. The molecule has 0 spiro atoms. The maximum atomic E-state index is 2.46. The van der Waals surface area contributed by atoms with Crippen molar-refractivity contribution in [2.24, 2.45) is 0 Å². The summed E-state index contributed by atoms with van der Waals surface area (Å²) in [7, 11) is 0. The maximum absolute atomic E-state index is 2.46. The Kier molecular flexibility index (Phi) is 8.89. The van der Waals surface area contributed by atoms with Crippen LogP contribution in [0.1, 0.15) is 0 Å². The Morgan fingerprint density at radius 2 is 0.803 bits per heavy atom. The number of hydrogen-bond acceptors (Lipinski definition) is 1. The van der Waals surface area contributed by atoms with Crippen LogP contribution in [-0.2, 0) is 0 Å². The number of anilines is 3. The molecule has 0 atom stereocenters. The molecule has 13 aromatic rings. The van der Waals surface area contributed by atoms with Gasteiger partial charge >= 0.3 is 0 Å². The van der Waals surface area contributed by atoms with Crippen molar-refractivity contribution in [3.63, 3.8) is 0 Å². The largest absolute Gasteiger partial charge is 0.310 e. The van der Waals surface area contributed by atoms with E-state index in [1.807, 2.05) is 0 Å². The van der Waals surface area contributed by atoms with Crippen molar-refractivity contribution >= 4 is 82.0 Å². The van der Waals surface area contributed by atoms with Gasteiger partial charge in [0.1, 0.15) is 0 Å². The molecule has 0 aliphatic carbocycles. The van der Waals surface area contributed by atoms with E-state index in [1.54, 1.807) is 0 Å². The van der Waals surface area contributed by atoms with Crippen LogP contribution in [0.4, 0.5) is 17.1 Å². The SMILES string of the molecule is c1ccc(-c2cc(-n3c4ccccc4c4ccc5ccccc5c43)ccc2-c2ccc(N(c3ccc4c(ccc5c6ccccc6ccc45)c3)c3ccccc3-c3ccccc3)cc2)cc1. The van der Waals surface area contributed by atoms with Crippen LogP contribution < -0.4 is 4.90 Å². The molecule has 0 saturated heterocycles. The molecule has 308 valence electrons. The first kappa shape index (κ1) is 37.8. The first-order valence-electron chi connectivity index (χ1n) is 22.8. The van der Waals surface area contributed by atoms with Gasteiger partial charge in [0.15, 0.2) is 0 Å². The number of aromatic nitrogens is 1. The lowest BCUT2D eigenvalue weighted by atomic mass is 9.93. The van der Waals surface area contributed by atoms with Crippen LogP contribution in [0.3, 0.4) is 0 Å². The van der Waals surface area contributed by atoms with Crippen molar-refractivity contribution in [1.29, 1.82) is 0 Å². The summed E-state index contributed by atoms with van der Waals surface area (Å²) in [5.74, 6) is 0. The van der Waals surface area contributed by atoms with Crippen LogP contribution in [0.2, 0.25) is 0 Å². The van der Waals surface area contributed by atoms with Crippen LogP contribution in [-0.4, -0.2) is 4.57 Å². The second kappa shape index (κ2) is 15.5. The third-order valence-corrected chi connectivity index (χ3v) is 13.6. The van der Waals surface area contributed by atoms with Crippen LogP contribution >= 0.6 is 0 Å². The minimum atomic E-state index is 1.09. The zero-order chi connectivity index (χ0) is 43.6. The molecule has 0 bridgehead atoms. The fraction of sp³-hybridized carbons (Fsp3) is 0. The zero-order valence-electron chi connectivity index (χ0n) is 36.1. The predicted octanol–water partition coefficient (Wildman–Crippen LogP) is 17.9. The number of benzene rings is 12. The molecule has 0 amide bonds. The number of hydrogen-bond donors (Lipinski definition) is 0. The van der Waals surface area contributed by atoms with Gasteiger partial charge in [0.25, 0.3) is 0 Å². The van der Waals surface area contributed by atoms with Crippen LogP contribution in [0.25, 0.3) is 104 Å². The van der Waals surface area contributed by atoms with E-state index in [2.05, 4.69) is 264 Å². The normalized spacial score (nSPS) is 11.6. The molecule has 2 nitrogen and oxygen atoms in total. The third-order valence-electron chi connectivity index (χ3n) is 13.6. The van der Waals surface area contributed by atoms with Crippen molar-refractivity contribution in [2.75, 3.05) is 4.90 Å². The van der Waals surface area contributed by atoms with E-state index in [0.717, 1.165) is 28.3 Å². The fourth-order valence-corrected chi connectivity index (χ4v) is 10.5. The van der Waals surface area contributed by atoms with Gasteiger partial charge in [-0.05, 0) is 114 Å². The lowest BCUT2D eigenvalue weighted by Gasteiger charge is -2.28. The summed E-state index contributed by atoms with van der Waals surface area (Å²) in [6.07, 6.45) is 0. The number of rotatable bonds is 7. The van der Waals surface area contributed by atoms with Gasteiger partial charge in [0, 0.05) is 38.8 Å². The highest BCUT2D eigenvalue weighted by molar-refractivity contribution is 6.19. The molecule has 2 heteroatoms. The van der Waals surface area contributed by atoms with Crippen LogP contribution in [0, 0.1) is 0 Å². The fourth-order valence-electron chi connectivity index (χ4n) is 10.5. The molecule has 0 unspecified atom stereocenters. The Morgan fingerprint density at radius 1 is 0.273 bits per heavy atom. The molecule has 0 aliphatic rings. The third kappa shape index (κ3) is 6.18. The standard InChI is InChI=1S/C64H42N2/c1-3-15-43(16-4-1)55-22-11-13-25-62(55)65(50-34-40-54-48(41-50)31-37-57-52-21-9-7-19-45(52)29-36-58(54)57)49-32-27-47(28-33-49)53-39-35-51(42-61(53)44-17-5-2-6-18-44)66-63-26-14-12-24-59(63)60-38-30-46-20-8-10-23-56(46)64(60)66/h1-42H. The Morgan fingerprint density at radius 3 is 1.56 bits per heavy atom. The van der Waals surface area contributed by atoms with Crippen molar-refractivity contribution in [3.05, 3.63) is 255 Å². The summed E-state index contributed by atoms with van der Waals surface area (Å²) in [5, 5.41) is 12.5. The summed E-state index contributed by atoms with van der Waals surface area (Å²) < 4.78 is 2.46. The lowest BCUT2D eigenvalue weighted by molar-refractivity contribution is 1.19. The van der Waals surface area contributed by atoms with Gasteiger partial charge in [0.2, 0.25) is 0 Å². The lowest BCUT2D eigenvalue weighted by Crippen LogP contribution is -2.11. The van der Waals surface area contributed by atoms with E-state index in [-0.39, 0.29) is 0 Å². The van der Waals surface area contributed by atoms with E-state index in [1.165, 1.54) is 92.7 Å². The summed E-state index contributed by atoms with van der Waals surface area (Å²) in [4.78, 5) is 2.42. The van der Waals surface area contributed by atoms with Gasteiger partial charge in [-0.15, -0.1) is 0 Å². The average molecular weight is 839 g/mol. The molecule has 66 heavy (non-hydrogen) atoms.